The molecule has 0 amide bonds. The van der Waals surface area contributed by atoms with Gasteiger partial charge >= 0.3 is 0 Å². The number of benzene rings is 2. The number of aliphatic hydroxyl groups excluding tert-OH is 1. The number of hydrogen-bond acceptors (Lipinski definition) is 2. The first-order valence-corrected chi connectivity index (χ1v) is 7.44. The molecule has 0 saturated heterocycles. The van der Waals surface area contributed by atoms with Crippen LogP contribution in [0.2, 0.25) is 0 Å². The van der Waals surface area contributed by atoms with Crippen LogP contribution in [0.15, 0.2) is 51.4 Å². The molecule has 4 heteroatoms. The van der Waals surface area contributed by atoms with E-state index < -0.39 is 6.10 Å². The molecule has 1 unspecified atom stereocenters. The molecular formula is C15H14Br2O2. The van der Waals surface area contributed by atoms with Crippen LogP contribution in [-0.2, 0) is 6.42 Å². The van der Waals surface area contributed by atoms with E-state index in [4.69, 9.17) is 4.74 Å². The van der Waals surface area contributed by atoms with Crippen molar-refractivity contribution in [3.63, 3.8) is 0 Å². The summed E-state index contributed by atoms with van der Waals surface area (Å²) in [4.78, 5) is 0. The second-order valence-electron chi connectivity index (χ2n) is 4.23. The van der Waals surface area contributed by atoms with Crippen LogP contribution >= 0.6 is 31.9 Å². The molecule has 0 fully saturated rings. The summed E-state index contributed by atoms with van der Waals surface area (Å²) in [6.45, 7) is 0. The molecule has 0 bridgehead atoms. The van der Waals surface area contributed by atoms with E-state index in [1.807, 2.05) is 42.5 Å². The van der Waals surface area contributed by atoms with E-state index in [1.54, 1.807) is 7.11 Å². The Hall–Kier alpha value is -0.840. The number of aliphatic hydroxyl groups is 1. The highest BCUT2D eigenvalue weighted by Gasteiger charge is 2.12. The van der Waals surface area contributed by atoms with Gasteiger partial charge in [0.2, 0.25) is 0 Å². The molecule has 2 aromatic carbocycles. The second-order valence-corrected chi connectivity index (χ2v) is 6.06. The zero-order chi connectivity index (χ0) is 13.8. The predicted octanol–water partition coefficient (Wildman–Crippen LogP) is 4.50. The normalized spacial score (nSPS) is 12.2. The Balaban J connectivity index is 2.23. The summed E-state index contributed by atoms with van der Waals surface area (Å²) >= 11 is 6.85. The van der Waals surface area contributed by atoms with E-state index in [-0.39, 0.29) is 0 Å². The Bertz CT molecular complexity index is 570. The van der Waals surface area contributed by atoms with Gasteiger partial charge in [0, 0.05) is 15.4 Å². The number of ether oxygens (including phenoxy) is 1. The summed E-state index contributed by atoms with van der Waals surface area (Å²) in [5.74, 6) is 0.789. The first kappa shape index (κ1) is 14.6. The fraction of sp³-hybridized carbons (Fsp3) is 0.200. The van der Waals surface area contributed by atoms with E-state index >= 15 is 0 Å². The Morgan fingerprint density at radius 1 is 1.11 bits per heavy atom. The van der Waals surface area contributed by atoms with E-state index in [2.05, 4.69) is 31.9 Å². The lowest BCUT2D eigenvalue weighted by Crippen LogP contribution is -2.03. The van der Waals surface area contributed by atoms with Crippen LogP contribution in [0.4, 0.5) is 0 Å². The van der Waals surface area contributed by atoms with Crippen molar-refractivity contribution in [3.05, 3.63) is 62.5 Å². The third kappa shape index (κ3) is 3.81. The Morgan fingerprint density at radius 2 is 1.84 bits per heavy atom. The van der Waals surface area contributed by atoms with Gasteiger partial charge in [0.1, 0.15) is 5.75 Å². The molecule has 0 saturated carbocycles. The lowest BCUT2D eigenvalue weighted by atomic mass is 10.0. The van der Waals surface area contributed by atoms with Crippen molar-refractivity contribution in [2.75, 3.05) is 7.11 Å². The Labute approximate surface area is 129 Å². The minimum Gasteiger partial charge on any atom is -0.496 e. The van der Waals surface area contributed by atoms with E-state index in [1.165, 1.54) is 0 Å². The average molecular weight is 386 g/mol. The minimum absolute atomic E-state index is 0.513. The van der Waals surface area contributed by atoms with Crippen LogP contribution in [0, 0.1) is 0 Å². The Morgan fingerprint density at radius 3 is 2.53 bits per heavy atom. The third-order valence-corrected chi connectivity index (χ3v) is 3.88. The zero-order valence-corrected chi connectivity index (χ0v) is 13.6. The number of hydrogen-bond donors (Lipinski definition) is 1. The number of rotatable bonds is 4. The average Bonchev–Trinajstić information content (AvgIpc) is 2.39. The highest BCUT2D eigenvalue weighted by molar-refractivity contribution is 9.10. The second kappa shape index (κ2) is 6.55. The highest BCUT2D eigenvalue weighted by Crippen LogP contribution is 2.28. The van der Waals surface area contributed by atoms with Gasteiger partial charge < -0.3 is 9.84 Å². The molecule has 0 heterocycles. The van der Waals surface area contributed by atoms with Crippen LogP contribution in [-0.4, -0.2) is 12.2 Å². The van der Waals surface area contributed by atoms with Crippen LogP contribution in [0.5, 0.6) is 5.75 Å². The Kier molecular flexibility index (Phi) is 5.02. The first-order chi connectivity index (χ1) is 9.10. The summed E-state index contributed by atoms with van der Waals surface area (Å²) < 4.78 is 7.26. The molecule has 0 aliphatic carbocycles. The minimum atomic E-state index is -0.555. The predicted molar refractivity (Wildman–Crippen MR) is 83.5 cm³/mol. The number of methoxy groups -OCH3 is 1. The van der Waals surface area contributed by atoms with Crippen molar-refractivity contribution in [1.29, 1.82) is 0 Å². The zero-order valence-electron chi connectivity index (χ0n) is 10.4. The molecule has 2 rings (SSSR count). The summed E-state index contributed by atoms with van der Waals surface area (Å²) in [6, 6.07) is 13.5. The van der Waals surface area contributed by atoms with E-state index in [9.17, 15) is 5.11 Å². The summed E-state index contributed by atoms with van der Waals surface area (Å²) in [6.07, 6.45) is -0.0419. The molecule has 0 aliphatic rings. The van der Waals surface area contributed by atoms with Crippen molar-refractivity contribution in [3.8, 4) is 5.75 Å². The molecule has 0 spiro atoms. The topological polar surface area (TPSA) is 29.5 Å². The third-order valence-electron chi connectivity index (χ3n) is 2.89. The smallest absolute Gasteiger partial charge is 0.122 e. The van der Waals surface area contributed by atoms with E-state index in [0.717, 1.165) is 25.8 Å². The van der Waals surface area contributed by atoms with Crippen LogP contribution in [0.1, 0.15) is 17.2 Å². The van der Waals surface area contributed by atoms with Gasteiger partial charge in [-0.25, -0.2) is 0 Å². The van der Waals surface area contributed by atoms with Crippen LogP contribution in [0.3, 0.4) is 0 Å². The van der Waals surface area contributed by atoms with Gasteiger partial charge in [-0.05, 0) is 41.5 Å². The van der Waals surface area contributed by atoms with Gasteiger partial charge in [-0.1, -0.05) is 44.0 Å². The molecule has 19 heavy (non-hydrogen) atoms. The standard InChI is InChI=1S/C15H14Br2O2/c1-19-15-6-5-13(17)8-11(15)9-14(18)10-3-2-4-12(16)7-10/h2-8,14,18H,9H2,1H3. The molecule has 0 radical (unpaired) electrons. The van der Waals surface area contributed by atoms with Crippen LogP contribution in [0.25, 0.3) is 0 Å². The van der Waals surface area contributed by atoms with Crippen molar-refractivity contribution < 1.29 is 9.84 Å². The molecule has 0 aromatic heterocycles. The number of halogens is 2. The monoisotopic (exact) mass is 384 g/mol. The first-order valence-electron chi connectivity index (χ1n) is 5.86. The SMILES string of the molecule is COc1ccc(Br)cc1CC(O)c1cccc(Br)c1. The van der Waals surface area contributed by atoms with Gasteiger partial charge in [0.05, 0.1) is 13.2 Å². The van der Waals surface area contributed by atoms with Gasteiger partial charge in [-0.2, -0.15) is 0 Å². The van der Waals surface area contributed by atoms with Crippen molar-refractivity contribution in [2.45, 2.75) is 12.5 Å². The van der Waals surface area contributed by atoms with Gasteiger partial charge in [0.15, 0.2) is 0 Å². The molecule has 1 atom stereocenters. The maximum atomic E-state index is 10.3. The van der Waals surface area contributed by atoms with Crippen molar-refractivity contribution in [2.24, 2.45) is 0 Å². The summed E-state index contributed by atoms with van der Waals surface area (Å²) in [5.41, 5.74) is 1.86. The molecular weight excluding hydrogens is 372 g/mol. The summed E-state index contributed by atoms with van der Waals surface area (Å²) in [5, 5.41) is 10.3. The maximum Gasteiger partial charge on any atom is 0.122 e. The molecule has 2 nitrogen and oxygen atoms in total. The lowest BCUT2D eigenvalue weighted by molar-refractivity contribution is 0.177. The largest absolute Gasteiger partial charge is 0.496 e. The van der Waals surface area contributed by atoms with Crippen molar-refractivity contribution >= 4 is 31.9 Å². The molecule has 100 valence electrons. The molecule has 1 N–H and O–H groups in total. The van der Waals surface area contributed by atoms with Gasteiger partial charge in [0.25, 0.3) is 0 Å². The van der Waals surface area contributed by atoms with Crippen LogP contribution < -0.4 is 4.74 Å². The lowest BCUT2D eigenvalue weighted by Gasteiger charge is -2.14. The fourth-order valence-corrected chi connectivity index (χ4v) is 2.77. The van der Waals surface area contributed by atoms with Gasteiger partial charge in [-0.3, -0.25) is 0 Å². The fourth-order valence-electron chi connectivity index (χ4n) is 1.95. The maximum absolute atomic E-state index is 10.3. The molecule has 0 aliphatic heterocycles. The van der Waals surface area contributed by atoms with Gasteiger partial charge in [-0.15, -0.1) is 0 Å². The molecule has 2 aromatic rings. The van der Waals surface area contributed by atoms with Crippen molar-refractivity contribution in [1.82, 2.24) is 0 Å². The summed E-state index contributed by atoms with van der Waals surface area (Å²) in [7, 11) is 1.64. The van der Waals surface area contributed by atoms with E-state index in [0.29, 0.717) is 6.42 Å². The quantitative estimate of drug-likeness (QED) is 0.839. The highest BCUT2D eigenvalue weighted by atomic mass is 79.9.